The molecule has 0 saturated carbocycles. The molecule has 1 aliphatic rings. The molecule has 1 heterocycles. The van der Waals surface area contributed by atoms with Gasteiger partial charge in [-0.3, -0.25) is 4.79 Å². The largest absolute Gasteiger partial charge is 0.480 e. The predicted molar refractivity (Wildman–Crippen MR) is 64.3 cm³/mol. The maximum atomic E-state index is 12.2. The molecule has 1 saturated heterocycles. The van der Waals surface area contributed by atoms with Crippen LogP contribution in [0.25, 0.3) is 0 Å². The number of carboxylic acids is 1. The van der Waals surface area contributed by atoms with E-state index < -0.39 is 18.1 Å². The molecule has 1 amide bonds. The van der Waals surface area contributed by atoms with Gasteiger partial charge in [-0.05, 0) is 19.1 Å². The van der Waals surface area contributed by atoms with E-state index in [1.165, 1.54) is 4.90 Å². The van der Waals surface area contributed by atoms with Gasteiger partial charge in [-0.15, -0.1) is 0 Å². The van der Waals surface area contributed by atoms with E-state index in [4.69, 9.17) is 5.11 Å². The number of nitrogens with zero attached hydrogens (tertiary/aromatic N) is 1. The van der Waals surface area contributed by atoms with E-state index in [-0.39, 0.29) is 18.9 Å². The number of hydrogen-bond donors (Lipinski definition) is 2. The Balaban J connectivity index is 2.25. The summed E-state index contributed by atoms with van der Waals surface area (Å²) in [5, 5.41) is 18.6. The molecule has 0 aromatic heterocycles. The first-order chi connectivity index (χ1) is 8.49. The molecule has 5 heteroatoms. The van der Waals surface area contributed by atoms with Crippen molar-refractivity contribution in [3.8, 4) is 0 Å². The van der Waals surface area contributed by atoms with Crippen molar-refractivity contribution < 1.29 is 19.8 Å². The van der Waals surface area contributed by atoms with Crippen LogP contribution in [0.5, 0.6) is 0 Å². The zero-order valence-corrected chi connectivity index (χ0v) is 10.0. The van der Waals surface area contributed by atoms with E-state index in [0.717, 1.165) is 5.56 Å². The summed E-state index contributed by atoms with van der Waals surface area (Å²) < 4.78 is 0. The molecule has 1 aromatic carbocycles. The molecule has 0 unspecified atom stereocenters. The number of hydrogen-bond acceptors (Lipinski definition) is 3. The van der Waals surface area contributed by atoms with Gasteiger partial charge in [0.2, 0.25) is 0 Å². The van der Waals surface area contributed by atoms with E-state index in [1.807, 2.05) is 13.0 Å². The topological polar surface area (TPSA) is 77.8 Å². The second-order valence-corrected chi connectivity index (χ2v) is 4.57. The second-order valence-electron chi connectivity index (χ2n) is 4.57. The van der Waals surface area contributed by atoms with Crippen molar-refractivity contribution in [3.63, 3.8) is 0 Å². The highest BCUT2D eigenvalue weighted by Gasteiger charge is 2.39. The Kier molecular flexibility index (Phi) is 3.34. The number of rotatable bonds is 2. The first-order valence-corrected chi connectivity index (χ1v) is 5.77. The number of benzene rings is 1. The van der Waals surface area contributed by atoms with Gasteiger partial charge in [0.1, 0.15) is 6.04 Å². The Morgan fingerprint density at radius 3 is 2.72 bits per heavy atom. The fraction of sp³-hybridized carbons (Fsp3) is 0.385. The summed E-state index contributed by atoms with van der Waals surface area (Å²) in [6.07, 6.45) is -0.674. The highest BCUT2D eigenvalue weighted by Crippen LogP contribution is 2.21. The smallest absolute Gasteiger partial charge is 0.326 e. The van der Waals surface area contributed by atoms with Crippen LogP contribution in [-0.2, 0) is 4.79 Å². The summed E-state index contributed by atoms with van der Waals surface area (Å²) in [5.74, 6) is -1.42. The molecule has 5 nitrogen and oxygen atoms in total. The Labute approximate surface area is 105 Å². The van der Waals surface area contributed by atoms with Crippen LogP contribution in [0, 0.1) is 6.92 Å². The summed E-state index contributed by atoms with van der Waals surface area (Å²) in [6.45, 7) is 1.94. The van der Waals surface area contributed by atoms with Gasteiger partial charge in [-0.25, -0.2) is 4.79 Å². The molecule has 1 fully saturated rings. The Morgan fingerprint density at radius 2 is 2.11 bits per heavy atom. The number of carboxylic acid groups (broad SMARTS) is 1. The molecule has 0 aliphatic carbocycles. The van der Waals surface area contributed by atoms with Gasteiger partial charge in [0.05, 0.1) is 6.10 Å². The van der Waals surface area contributed by atoms with Crippen LogP contribution in [-0.4, -0.2) is 45.7 Å². The van der Waals surface area contributed by atoms with Gasteiger partial charge in [0.25, 0.3) is 5.91 Å². The number of aliphatic hydroxyl groups is 1. The van der Waals surface area contributed by atoms with E-state index in [2.05, 4.69) is 0 Å². The minimum Gasteiger partial charge on any atom is -0.480 e. The van der Waals surface area contributed by atoms with Gasteiger partial charge in [0, 0.05) is 18.5 Å². The third kappa shape index (κ3) is 2.36. The van der Waals surface area contributed by atoms with Crippen molar-refractivity contribution >= 4 is 11.9 Å². The molecule has 2 atom stereocenters. The van der Waals surface area contributed by atoms with E-state index >= 15 is 0 Å². The monoisotopic (exact) mass is 249 g/mol. The summed E-state index contributed by atoms with van der Waals surface area (Å²) >= 11 is 0. The number of aliphatic carboxylic acids is 1. The average Bonchev–Trinajstić information content (AvgIpc) is 2.70. The maximum absolute atomic E-state index is 12.2. The standard InChI is InChI=1S/C13H15NO4/c1-8-3-2-4-9(5-8)12(16)14-7-10(15)6-11(14)13(17)18/h2-5,10-11,15H,6-7H2,1H3,(H,17,18)/t10-,11+/m1/s1. The summed E-state index contributed by atoms with van der Waals surface area (Å²) in [7, 11) is 0. The fourth-order valence-corrected chi connectivity index (χ4v) is 2.22. The fourth-order valence-electron chi connectivity index (χ4n) is 2.22. The van der Waals surface area contributed by atoms with Crippen LogP contribution in [0.15, 0.2) is 24.3 Å². The van der Waals surface area contributed by atoms with Crippen molar-refractivity contribution in [1.29, 1.82) is 0 Å². The van der Waals surface area contributed by atoms with Crippen LogP contribution in [0.2, 0.25) is 0 Å². The summed E-state index contributed by atoms with van der Waals surface area (Å²) in [4.78, 5) is 24.5. The molecule has 0 bridgehead atoms. The normalized spacial score (nSPS) is 23.1. The molecule has 1 aliphatic heterocycles. The van der Waals surface area contributed by atoms with Crippen molar-refractivity contribution in [3.05, 3.63) is 35.4 Å². The van der Waals surface area contributed by atoms with Crippen LogP contribution in [0.4, 0.5) is 0 Å². The molecule has 18 heavy (non-hydrogen) atoms. The zero-order chi connectivity index (χ0) is 13.3. The molecule has 96 valence electrons. The molecule has 2 N–H and O–H groups in total. The van der Waals surface area contributed by atoms with Crippen molar-refractivity contribution in [2.75, 3.05) is 6.54 Å². The first-order valence-electron chi connectivity index (χ1n) is 5.77. The van der Waals surface area contributed by atoms with Crippen molar-refractivity contribution in [1.82, 2.24) is 4.90 Å². The van der Waals surface area contributed by atoms with Crippen LogP contribution in [0.3, 0.4) is 0 Å². The summed E-state index contributed by atoms with van der Waals surface area (Å²) in [5.41, 5.74) is 1.39. The van der Waals surface area contributed by atoms with Gasteiger partial charge >= 0.3 is 5.97 Å². The molecule has 1 aromatic rings. The number of β-amino-alcohol motifs (C(OH)–C–C–N with tert-alkyl or cyclic N) is 1. The zero-order valence-electron chi connectivity index (χ0n) is 10.0. The number of amides is 1. The molecule has 2 rings (SSSR count). The lowest BCUT2D eigenvalue weighted by Crippen LogP contribution is -2.40. The highest BCUT2D eigenvalue weighted by atomic mass is 16.4. The Bertz CT molecular complexity index is 486. The van der Waals surface area contributed by atoms with E-state index in [9.17, 15) is 14.7 Å². The number of carbonyl (C=O) groups excluding carboxylic acids is 1. The molecule has 0 radical (unpaired) electrons. The Hall–Kier alpha value is -1.88. The number of carbonyl (C=O) groups is 2. The van der Waals surface area contributed by atoms with Crippen LogP contribution >= 0.6 is 0 Å². The Morgan fingerprint density at radius 1 is 1.39 bits per heavy atom. The minimum absolute atomic E-state index is 0.0732. The van der Waals surface area contributed by atoms with Crippen LogP contribution < -0.4 is 0 Å². The lowest BCUT2D eigenvalue weighted by atomic mass is 10.1. The van der Waals surface area contributed by atoms with E-state index in [1.54, 1.807) is 18.2 Å². The van der Waals surface area contributed by atoms with Crippen molar-refractivity contribution in [2.24, 2.45) is 0 Å². The SMILES string of the molecule is Cc1cccc(C(=O)N2C[C@H](O)C[C@H]2C(=O)O)c1. The quantitative estimate of drug-likeness (QED) is 0.807. The number of likely N-dealkylation sites (tertiary alicyclic amines) is 1. The van der Waals surface area contributed by atoms with Crippen LogP contribution in [0.1, 0.15) is 22.3 Å². The third-order valence-corrected chi connectivity index (χ3v) is 3.09. The lowest BCUT2D eigenvalue weighted by Gasteiger charge is -2.21. The maximum Gasteiger partial charge on any atom is 0.326 e. The second kappa shape index (κ2) is 4.78. The molecule has 0 spiro atoms. The third-order valence-electron chi connectivity index (χ3n) is 3.09. The number of aryl methyl sites for hydroxylation is 1. The minimum atomic E-state index is -1.08. The first kappa shape index (κ1) is 12.6. The molecular formula is C13H15NO4. The lowest BCUT2D eigenvalue weighted by molar-refractivity contribution is -0.141. The van der Waals surface area contributed by atoms with Gasteiger partial charge < -0.3 is 15.1 Å². The van der Waals surface area contributed by atoms with Gasteiger partial charge in [-0.1, -0.05) is 17.7 Å². The average molecular weight is 249 g/mol. The van der Waals surface area contributed by atoms with Gasteiger partial charge in [-0.2, -0.15) is 0 Å². The molecular weight excluding hydrogens is 234 g/mol. The van der Waals surface area contributed by atoms with Gasteiger partial charge in [0.15, 0.2) is 0 Å². The number of aliphatic hydroxyl groups excluding tert-OH is 1. The van der Waals surface area contributed by atoms with Crippen molar-refractivity contribution in [2.45, 2.75) is 25.5 Å². The highest BCUT2D eigenvalue weighted by molar-refractivity contribution is 5.97. The predicted octanol–water partition coefficient (Wildman–Crippen LogP) is 0.655. The van der Waals surface area contributed by atoms with E-state index in [0.29, 0.717) is 5.56 Å². The summed E-state index contributed by atoms with van der Waals surface area (Å²) in [6, 6.07) is 6.05.